The molecule has 0 spiro atoms. The summed E-state index contributed by atoms with van der Waals surface area (Å²) in [6.45, 7) is 27.2. The maximum Gasteiger partial charge on any atom is 0.0246 e. The van der Waals surface area contributed by atoms with Crippen molar-refractivity contribution in [1.82, 2.24) is 19.6 Å². The lowest BCUT2D eigenvalue weighted by Crippen LogP contribution is -2.51. The van der Waals surface area contributed by atoms with E-state index in [1.54, 1.807) is 0 Å². The summed E-state index contributed by atoms with van der Waals surface area (Å²) in [5.74, 6) is 0.712. The Kier molecular flexibility index (Phi) is 10.4. The topological polar surface area (TPSA) is 13.0 Å². The number of hydrogen-bond donors (Lipinski definition) is 0. The molecule has 138 valence electrons. The highest BCUT2D eigenvalue weighted by atomic mass is 15.3. The minimum Gasteiger partial charge on any atom is -0.301 e. The Bertz CT molecular complexity index is 295. The summed E-state index contributed by atoms with van der Waals surface area (Å²) in [5.41, 5.74) is 0. The quantitative estimate of drug-likeness (QED) is 0.768. The summed E-state index contributed by atoms with van der Waals surface area (Å²) in [6, 6.07) is 0.674. The smallest absolute Gasteiger partial charge is 0.0246 e. The van der Waals surface area contributed by atoms with Crippen LogP contribution >= 0.6 is 0 Å². The maximum absolute atomic E-state index is 2.72. The Balaban J connectivity index is 2.85. The predicted octanol–water partition coefficient (Wildman–Crippen LogP) is 2.31. The maximum atomic E-state index is 2.72. The first-order valence-electron chi connectivity index (χ1n) is 9.96. The minimum absolute atomic E-state index is 0.674. The van der Waals surface area contributed by atoms with Gasteiger partial charge in [-0.3, -0.25) is 4.90 Å². The summed E-state index contributed by atoms with van der Waals surface area (Å²) in [4.78, 5) is 10.6. The van der Waals surface area contributed by atoms with Crippen molar-refractivity contribution in [3.05, 3.63) is 0 Å². The highest BCUT2D eigenvalue weighted by Gasteiger charge is 2.24. The van der Waals surface area contributed by atoms with Gasteiger partial charge in [-0.1, -0.05) is 41.5 Å². The lowest BCUT2D eigenvalue weighted by Gasteiger charge is -2.39. The highest BCUT2D eigenvalue weighted by molar-refractivity contribution is 4.80. The van der Waals surface area contributed by atoms with E-state index in [1.807, 2.05) is 0 Å². The van der Waals surface area contributed by atoms with Crippen LogP contribution in [0, 0.1) is 5.92 Å². The molecule has 1 rings (SSSR count). The predicted molar refractivity (Wildman–Crippen MR) is 102 cm³/mol. The first-order valence-corrected chi connectivity index (χ1v) is 9.96. The van der Waals surface area contributed by atoms with Crippen LogP contribution < -0.4 is 0 Å². The third-order valence-corrected chi connectivity index (χ3v) is 5.60. The van der Waals surface area contributed by atoms with Crippen molar-refractivity contribution in [1.29, 1.82) is 0 Å². The molecule has 1 unspecified atom stereocenters. The van der Waals surface area contributed by atoms with Crippen LogP contribution in [0.15, 0.2) is 0 Å². The lowest BCUT2D eigenvalue weighted by molar-refractivity contribution is 0.0837. The van der Waals surface area contributed by atoms with Crippen LogP contribution in [0.4, 0.5) is 0 Å². The van der Waals surface area contributed by atoms with Crippen LogP contribution in [0.5, 0.6) is 0 Å². The van der Waals surface area contributed by atoms with E-state index < -0.39 is 0 Å². The Hall–Kier alpha value is -0.160. The molecule has 0 amide bonds. The summed E-state index contributed by atoms with van der Waals surface area (Å²) < 4.78 is 0. The SMILES string of the molecule is CCN1CCN(CC)CCN(CC)C(C(C)C)CN(CC)CC1. The number of rotatable bonds is 5. The van der Waals surface area contributed by atoms with E-state index in [0.29, 0.717) is 12.0 Å². The van der Waals surface area contributed by atoms with Gasteiger partial charge in [0.1, 0.15) is 0 Å². The third-order valence-electron chi connectivity index (χ3n) is 5.60. The van der Waals surface area contributed by atoms with Crippen molar-refractivity contribution < 1.29 is 0 Å². The average Bonchev–Trinajstić information content (AvgIpc) is 2.55. The van der Waals surface area contributed by atoms with Crippen LogP contribution in [-0.4, -0.2) is 97.6 Å². The molecular formula is C19H42N4. The molecule has 4 heteroatoms. The summed E-state index contributed by atoms with van der Waals surface area (Å²) >= 11 is 0. The molecule has 0 aromatic rings. The molecule has 0 saturated carbocycles. The van der Waals surface area contributed by atoms with Gasteiger partial charge < -0.3 is 14.7 Å². The Morgan fingerprint density at radius 3 is 1.48 bits per heavy atom. The first-order chi connectivity index (χ1) is 11.0. The Labute approximate surface area is 145 Å². The minimum atomic E-state index is 0.674. The van der Waals surface area contributed by atoms with Crippen LogP contribution in [0.3, 0.4) is 0 Å². The summed E-state index contributed by atoms with van der Waals surface area (Å²) in [7, 11) is 0. The van der Waals surface area contributed by atoms with Crippen LogP contribution in [0.1, 0.15) is 41.5 Å². The van der Waals surface area contributed by atoms with Gasteiger partial charge in [0.2, 0.25) is 0 Å². The van der Waals surface area contributed by atoms with Gasteiger partial charge in [0.05, 0.1) is 0 Å². The van der Waals surface area contributed by atoms with Gasteiger partial charge in [0.25, 0.3) is 0 Å². The van der Waals surface area contributed by atoms with Gasteiger partial charge in [-0.25, -0.2) is 0 Å². The van der Waals surface area contributed by atoms with Crippen LogP contribution in [0.2, 0.25) is 0 Å². The molecule has 1 heterocycles. The normalized spacial score (nSPS) is 25.4. The largest absolute Gasteiger partial charge is 0.301 e. The van der Waals surface area contributed by atoms with Crippen molar-refractivity contribution in [2.24, 2.45) is 5.92 Å². The monoisotopic (exact) mass is 326 g/mol. The molecule has 1 aliphatic heterocycles. The molecule has 0 aromatic carbocycles. The van der Waals surface area contributed by atoms with E-state index >= 15 is 0 Å². The third kappa shape index (κ3) is 7.08. The molecule has 1 saturated heterocycles. The molecule has 1 atom stereocenters. The molecule has 0 aromatic heterocycles. The van der Waals surface area contributed by atoms with Gasteiger partial charge in [-0.2, -0.15) is 0 Å². The molecule has 0 radical (unpaired) electrons. The van der Waals surface area contributed by atoms with Gasteiger partial charge in [0.15, 0.2) is 0 Å². The molecule has 0 aliphatic carbocycles. The zero-order valence-electron chi connectivity index (χ0n) is 16.7. The molecule has 1 fully saturated rings. The van der Waals surface area contributed by atoms with E-state index in [1.165, 1.54) is 72.0 Å². The van der Waals surface area contributed by atoms with Crippen molar-refractivity contribution in [3.63, 3.8) is 0 Å². The second-order valence-corrected chi connectivity index (χ2v) is 7.20. The van der Waals surface area contributed by atoms with Gasteiger partial charge in [-0.05, 0) is 32.1 Å². The zero-order chi connectivity index (χ0) is 17.2. The fraction of sp³-hybridized carbons (Fsp3) is 1.00. The average molecular weight is 327 g/mol. The second kappa shape index (κ2) is 11.4. The Morgan fingerprint density at radius 2 is 1.09 bits per heavy atom. The van der Waals surface area contributed by atoms with E-state index in [4.69, 9.17) is 0 Å². The standard InChI is InChI=1S/C19H42N4/c1-7-20-11-12-21(8-2)15-16-23(10-4)19(18(5)6)17-22(9-3)14-13-20/h18-19H,7-17H2,1-6H3. The highest BCUT2D eigenvalue weighted by Crippen LogP contribution is 2.13. The van der Waals surface area contributed by atoms with E-state index in [2.05, 4.69) is 61.1 Å². The van der Waals surface area contributed by atoms with E-state index in [-0.39, 0.29) is 0 Å². The van der Waals surface area contributed by atoms with Gasteiger partial charge in [0, 0.05) is 51.9 Å². The van der Waals surface area contributed by atoms with Crippen molar-refractivity contribution in [3.8, 4) is 0 Å². The number of nitrogens with zero attached hydrogens (tertiary/aromatic N) is 4. The Morgan fingerprint density at radius 1 is 0.652 bits per heavy atom. The second-order valence-electron chi connectivity index (χ2n) is 7.20. The fourth-order valence-electron chi connectivity index (χ4n) is 3.64. The molecule has 1 aliphatic rings. The molecule has 0 N–H and O–H groups in total. The number of hydrogen-bond acceptors (Lipinski definition) is 4. The lowest BCUT2D eigenvalue weighted by atomic mass is 10.0. The van der Waals surface area contributed by atoms with Gasteiger partial charge in [-0.15, -0.1) is 0 Å². The van der Waals surface area contributed by atoms with Crippen LogP contribution in [0.25, 0.3) is 0 Å². The van der Waals surface area contributed by atoms with E-state index in [9.17, 15) is 0 Å². The summed E-state index contributed by atoms with van der Waals surface area (Å²) in [6.07, 6.45) is 0. The summed E-state index contributed by atoms with van der Waals surface area (Å²) in [5, 5.41) is 0. The molecule has 23 heavy (non-hydrogen) atoms. The molecular weight excluding hydrogens is 284 g/mol. The first kappa shape index (κ1) is 20.9. The van der Waals surface area contributed by atoms with Crippen molar-refractivity contribution >= 4 is 0 Å². The van der Waals surface area contributed by atoms with Crippen molar-refractivity contribution in [2.45, 2.75) is 47.6 Å². The van der Waals surface area contributed by atoms with Crippen LogP contribution in [-0.2, 0) is 0 Å². The number of likely N-dealkylation sites (N-methyl/N-ethyl adjacent to an activating group) is 4. The van der Waals surface area contributed by atoms with E-state index in [0.717, 1.165) is 0 Å². The fourth-order valence-corrected chi connectivity index (χ4v) is 3.64. The molecule has 4 nitrogen and oxygen atoms in total. The van der Waals surface area contributed by atoms with Gasteiger partial charge >= 0.3 is 0 Å². The molecule has 0 bridgehead atoms. The van der Waals surface area contributed by atoms with Crippen molar-refractivity contribution in [2.75, 3.05) is 72.0 Å². The zero-order valence-corrected chi connectivity index (χ0v) is 16.7.